The molecule has 1 N–H and O–H groups in total. The van der Waals surface area contributed by atoms with Crippen LogP contribution in [-0.2, 0) is 14.3 Å². The van der Waals surface area contributed by atoms with Crippen molar-refractivity contribution in [3.8, 4) is 0 Å². The van der Waals surface area contributed by atoms with Crippen LogP contribution in [0.15, 0.2) is 29.2 Å². The van der Waals surface area contributed by atoms with Gasteiger partial charge < -0.3 is 5.32 Å². The molecule has 3 rings (SSSR count). The van der Waals surface area contributed by atoms with Gasteiger partial charge in [0.2, 0.25) is 0 Å². The molecule has 0 aliphatic carbocycles. The Labute approximate surface area is 127 Å². The van der Waals surface area contributed by atoms with Crippen LogP contribution in [0.4, 0.5) is 0 Å². The maximum atomic E-state index is 12.1. The SMILES string of the molecule is Cc1ccc(S(=O)(=O)OCCC2CC3CCC(C2)N3)cc1. The first-order valence-corrected chi connectivity index (χ1v) is 9.16. The van der Waals surface area contributed by atoms with Crippen LogP contribution in [0, 0.1) is 12.8 Å². The third-order valence-corrected chi connectivity index (χ3v) is 5.97. The molecule has 5 heteroatoms. The summed E-state index contributed by atoms with van der Waals surface area (Å²) >= 11 is 0. The molecule has 2 bridgehead atoms. The van der Waals surface area contributed by atoms with E-state index in [0.29, 0.717) is 24.6 Å². The fraction of sp³-hybridized carbons (Fsp3) is 0.625. The molecule has 0 aromatic heterocycles. The average molecular weight is 309 g/mol. The van der Waals surface area contributed by atoms with Crippen molar-refractivity contribution in [2.24, 2.45) is 5.92 Å². The highest BCUT2D eigenvalue weighted by molar-refractivity contribution is 7.86. The number of aryl methyl sites for hydroxylation is 1. The van der Waals surface area contributed by atoms with Gasteiger partial charge in [-0.1, -0.05) is 17.7 Å². The summed E-state index contributed by atoms with van der Waals surface area (Å²) in [6.07, 6.45) is 5.68. The molecule has 0 amide bonds. The third kappa shape index (κ3) is 3.65. The van der Waals surface area contributed by atoms with E-state index < -0.39 is 10.1 Å². The maximum Gasteiger partial charge on any atom is 0.296 e. The Balaban J connectivity index is 1.51. The van der Waals surface area contributed by atoms with Crippen LogP contribution in [0.5, 0.6) is 0 Å². The van der Waals surface area contributed by atoms with E-state index in [0.717, 1.165) is 24.8 Å². The highest BCUT2D eigenvalue weighted by atomic mass is 32.2. The largest absolute Gasteiger partial charge is 0.311 e. The van der Waals surface area contributed by atoms with Crippen LogP contribution in [0.1, 0.15) is 37.7 Å². The molecule has 2 aliphatic heterocycles. The average Bonchev–Trinajstić information content (AvgIpc) is 2.78. The van der Waals surface area contributed by atoms with Gasteiger partial charge in [-0.05, 0) is 57.1 Å². The normalized spacial score (nSPS) is 28.7. The molecule has 0 saturated carbocycles. The third-order valence-electron chi connectivity index (χ3n) is 4.64. The minimum absolute atomic E-state index is 0.249. The number of piperidine rings is 1. The first-order chi connectivity index (χ1) is 10.0. The molecule has 2 heterocycles. The predicted molar refractivity (Wildman–Crippen MR) is 81.6 cm³/mol. The number of fused-ring (bicyclic) bond motifs is 2. The fourth-order valence-electron chi connectivity index (χ4n) is 3.51. The van der Waals surface area contributed by atoms with Crippen LogP contribution in [0.3, 0.4) is 0 Å². The Kier molecular flexibility index (Phi) is 4.33. The summed E-state index contributed by atoms with van der Waals surface area (Å²) in [7, 11) is -3.60. The highest BCUT2D eigenvalue weighted by Gasteiger charge is 2.33. The Hall–Kier alpha value is -0.910. The zero-order valence-electron chi connectivity index (χ0n) is 12.4. The molecule has 21 heavy (non-hydrogen) atoms. The van der Waals surface area contributed by atoms with Crippen molar-refractivity contribution in [1.29, 1.82) is 0 Å². The van der Waals surface area contributed by atoms with Gasteiger partial charge in [0.05, 0.1) is 11.5 Å². The molecule has 2 aliphatic rings. The van der Waals surface area contributed by atoms with E-state index in [4.69, 9.17) is 4.18 Å². The Morgan fingerprint density at radius 1 is 1.14 bits per heavy atom. The zero-order valence-corrected chi connectivity index (χ0v) is 13.2. The monoisotopic (exact) mass is 309 g/mol. The lowest BCUT2D eigenvalue weighted by Gasteiger charge is -2.28. The maximum absolute atomic E-state index is 12.1. The van der Waals surface area contributed by atoms with Crippen molar-refractivity contribution in [2.45, 2.75) is 56.0 Å². The van der Waals surface area contributed by atoms with E-state index in [1.165, 1.54) is 12.8 Å². The molecular weight excluding hydrogens is 286 g/mol. The number of hydrogen-bond acceptors (Lipinski definition) is 4. The van der Waals surface area contributed by atoms with Crippen LogP contribution in [-0.4, -0.2) is 27.1 Å². The van der Waals surface area contributed by atoms with Crippen LogP contribution in [0.25, 0.3) is 0 Å². The number of hydrogen-bond donors (Lipinski definition) is 1. The highest BCUT2D eigenvalue weighted by Crippen LogP contribution is 2.32. The Bertz CT molecular complexity index is 570. The first-order valence-electron chi connectivity index (χ1n) is 7.75. The van der Waals surface area contributed by atoms with Crippen molar-refractivity contribution in [1.82, 2.24) is 5.32 Å². The Morgan fingerprint density at radius 2 is 1.76 bits per heavy atom. The number of nitrogens with one attached hydrogen (secondary N) is 1. The topological polar surface area (TPSA) is 55.4 Å². The molecule has 0 radical (unpaired) electrons. The number of benzene rings is 1. The van der Waals surface area contributed by atoms with E-state index in [1.807, 2.05) is 6.92 Å². The fourth-order valence-corrected chi connectivity index (χ4v) is 4.43. The van der Waals surface area contributed by atoms with Gasteiger partial charge in [-0.25, -0.2) is 0 Å². The summed E-state index contributed by atoms with van der Waals surface area (Å²) in [6, 6.07) is 8.08. The smallest absolute Gasteiger partial charge is 0.296 e. The van der Waals surface area contributed by atoms with Gasteiger partial charge >= 0.3 is 0 Å². The second-order valence-corrected chi connectivity index (χ2v) is 7.97. The molecule has 0 spiro atoms. The van der Waals surface area contributed by atoms with Gasteiger partial charge in [0.25, 0.3) is 10.1 Å². The minimum atomic E-state index is -3.60. The summed E-state index contributed by atoms with van der Waals surface area (Å²) in [4.78, 5) is 0.249. The molecule has 116 valence electrons. The lowest BCUT2D eigenvalue weighted by Crippen LogP contribution is -2.38. The van der Waals surface area contributed by atoms with Gasteiger partial charge in [-0.15, -0.1) is 0 Å². The predicted octanol–water partition coefficient (Wildman–Crippen LogP) is 2.62. The van der Waals surface area contributed by atoms with Crippen LogP contribution >= 0.6 is 0 Å². The molecular formula is C16H23NO3S. The van der Waals surface area contributed by atoms with Gasteiger partial charge in [0.1, 0.15) is 0 Å². The molecule has 2 atom stereocenters. The lowest BCUT2D eigenvalue weighted by atomic mass is 9.90. The van der Waals surface area contributed by atoms with Crippen molar-refractivity contribution in [3.63, 3.8) is 0 Å². The quantitative estimate of drug-likeness (QED) is 0.850. The molecule has 1 aromatic carbocycles. The lowest BCUT2D eigenvalue weighted by molar-refractivity contribution is 0.230. The van der Waals surface area contributed by atoms with Gasteiger partial charge in [-0.2, -0.15) is 8.42 Å². The first kappa shape index (κ1) is 15.0. The van der Waals surface area contributed by atoms with E-state index in [-0.39, 0.29) is 4.90 Å². The number of rotatable bonds is 5. The van der Waals surface area contributed by atoms with Crippen molar-refractivity contribution in [2.75, 3.05) is 6.61 Å². The van der Waals surface area contributed by atoms with Crippen molar-refractivity contribution < 1.29 is 12.6 Å². The van der Waals surface area contributed by atoms with Crippen molar-refractivity contribution in [3.05, 3.63) is 29.8 Å². The summed E-state index contributed by atoms with van der Waals surface area (Å²) in [5.41, 5.74) is 1.04. The van der Waals surface area contributed by atoms with E-state index in [1.54, 1.807) is 24.3 Å². The zero-order chi connectivity index (χ0) is 14.9. The molecule has 4 nitrogen and oxygen atoms in total. The standard InChI is InChI=1S/C16H23NO3S/c1-12-2-6-16(7-3-12)21(18,19)20-9-8-13-10-14-4-5-15(11-13)17-14/h2-3,6-7,13-15,17H,4-5,8-11H2,1H3. The molecule has 2 saturated heterocycles. The van der Waals surface area contributed by atoms with Gasteiger partial charge in [0, 0.05) is 12.1 Å². The summed E-state index contributed by atoms with van der Waals surface area (Å²) in [6.45, 7) is 2.23. The van der Waals surface area contributed by atoms with E-state index in [9.17, 15) is 8.42 Å². The molecule has 1 aromatic rings. The second-order valence-electron chi connectivity index (χ2n) is 6.35. The molecule has 2 fully saturated rings. The van der Waals surface area contributed by atoms with Crippen LogP contribution in [0.2, 0.25) is 0 Å². The van der Waals surface area contributed by atoms with Crippen LogP contribution < -0.4 is 5.32 Å². The molecule has 2 unspecified atom stereocenters. The summed E-state index contributed by atoms with van der Waals surface area (Å²) in [5.74, 6) is 0.594. The van der Waals surface area contributed by atoms with E-state index >= 15 is 0 Å². The second kappa shape index (κ2) is 6.07. The van der Waals surface area contributed by atoms with E-state index in [2.05, 4.69) is 5.32 Å². The minimum Gasteiger partial charge on any atom is -0.311 e. The van der Waals surface area contributed by atoms with Gasteiger partial charge in [-0.3, -0.25) is 4.18 Å². The summed E-state index contributed by atoms with van der Waals surface area (Å²) < 4.78 is 29.4. The van der Waals surface area contributed by atoms with Crippen molar-refractivity contribution >= 4 is 10.1 Å². The Morgan fingerprint density at radius 3 is 2.38 bits per heavy atom. The van der Waals surface area contributed by atoms with Gasteiger partial charge in [0.15, 0.2) is 0 Å². The summed E-state index contributed by atoms with van der Waals surface area (Å²) in [5, 5.41) is 3.60.